The van der Waals surface area contributed by atoms with Crippen molar-refractivity contribution in [2.24, 2.45) is 0 Å². The highest BCUT2D eigenvalue weighted by atomic mass is 35.5. The summed E-state index contributed by atoms with van der Waals surface area (Å²) in [7, 11) is 0. The molecule has 0 heterocycles. The van der Waals surface area contributed by atoms with Gasteiger partial charge >= 0.3 is 0 Å². The Morgan fingerprint density at radius 2 is 1.76 bits per heavy atom. The van der Waals surface area contributed by atoms with E-state index in [1.807, 2.05) is 42.1 Å². The molecule has 0 amide bonds. The lowest BCUT2D eigenvalue weighted by molar-refractivity contribution is 0.577. The quantitative estimate of drug-likeness (QED) is 0.637. The first-order chi connectivity index (χ1) is 10.2. The van der Waals surface area contributed by atoms with Crippen LogP contribution in [0.4, 0.5) is 0 Å². The second-order valence-corrected chi connectivity index (χ2v) is 6.73. The van der Waals surface area contributed by atoms with Crippen LogP contribution in [0, 0.1) is 0 Å². The summed E-state index contributed by atoms with van der Waals surface area (Å²) in [6, 6.07) is 16.3. The van der Waals surface area contributed by atoms with Crippen molar-refractivity contribution in [2.75, 3.05) is 12.3 Å². The first-order valence-electron chi connectivity index (χ1n) is 7.07. The molecule has 0 radical (unpaired) electrons. The summed E-state index contributed by atoms with van der Waals surface area (Å²) < 4.78 is 0. The van der Waals surface area contributed by atoms with Crippen LogP contribution in [0.5, 0.6) is 0 Å². The van der Waals surface area contributed by atoms with Gasteiger partial charge in [0.05, 0.1) is 0 Å². The Hall–Kier alpha value is -0.670. The van der Waals surface area contributed by atoms with Gasteiger partial charge in [0.15, 0.2) is 0 Å². The van der Waals surface area contributed by atoms with Crippen molar-refractivity contribution >= 4 is 35.0 Å². The number of thioether (sulfide) groups is 1. The molecule has 21 heavy (non-hydrogen) atoms. The van der Waals surface area contributed by atoms with Gasteiger partial charge in [-0.2, -0.15) is 0 Å². The summed E-state index contributed by atoms with van der Waals surface area (Å²) in [6.07, 6.45) is 1.10. The van der Waals surface area contributed by atoms with Crippen molar-refractivity contribution in [1.82, 2.24) is 5.32 Å². The lowest BCUT2D eigenvalue weighted by Crippen LogP contribution is -2.24. The minimum absolute atomic E-state index is 0.249. The lowest BCUT2D eigenvalue weighted by atomic mass is 10.1. The van der Waals surface area contributed by atoms with Gasteiger partial charge in [-0.1, -0.05) is 48.3 Å². The van der Waals surface area contributed by atoms with Crippen LogP contribution < -0.4 is 5.32 Å². The van der Waals surface area contributed by atoms with Gasteiger partial charge in [0.1, 0.15) is 0 Å². The molecular formula is C17H19Cl2NS. The summed E-state index contributed by atoms with van der Waals surface area (Å²) in [6.45, 7) is 3.15. The maximum Gasteiger partial charge on any atom is 0.0454 e. The summed E-state index contributed by atoms with van der Waals surface area (Å²) in [5.41, 5.74) is 1.16. The molecule has 0 aromatic heterocycles. The standard InChI is InChI=1S/C17H19Cl2NS/c1-2-11-20-17(15-5-3-4-6-16(15)19)12-21-14-9-7-13(18)8-10-14/h3-10,17,20H,2,11-12H2,1H3. The fraction of sp³-hybridized carbons (Fsp3) is 0.294. The Balaban J connectivity index is 2.06. The Labute approximate surface area is 141 Å². The van der Waals surface area contributed by atoms with E-state index in [9.17, 15) is 0 Å². The van der Waals surface area contributed by atoms with Crippen LogP contribution in [-0.4, -0.2) is 12.3 Å². The molecule has 112 valence electrons. The molecule has 0 saturated heterocycles. The van der Waals surface area contributed by atoms with E-state index in [1.54, 1.807) is 0 Å². The highest BCUT2D eigenvalue weighted by Gasteiger charge is 2.14. The lowest BCUT2D eigenvalue weighted by Gasteiger charge is -2.20. The fourth-order valence-corrected chi connectivity index (χ4v) is 3.42. The van der Waals surface area contributed by atoms with Crippen LogP contribution in [0.2, 0.25) is 10.0 Å². The zero-order chi connectivity index (χ0) is 15.1. The zero-order valence-corrected chi connectivity index (χ0v) is 14.3. The van der Waals surface area contributed by atoms with E-state index < -0.39 is 0 Å². The SMILES string of the molecule is CCCNC(CSc1ccc(Cl)cc1)c1ccccc1Cl. The first-order valence-corrected chi connectivity index (χ1v) is 8.81. The maximum absolute atomic E-state index is 6.33. The molecule has 0 fully saturated rings. The Morgan fingerprint density at radius 1 is 1.05 bits per heavy atom. The third kappa shape index (κ3) is 5.23. The molecule has 2 rings (SSSR count). The first kappa shape index (κ1) is 16.7. The minimum Gasteiger partial charge on any atom is -0.309 e. The molecule has 0 bridgehead atoms. The van der Waals surface area contributed by atoms with Crippen LogP contribution in [-0.2, 0) is 0 Å². The predicted molar refractivity (Wildman–Crippen MR) is 94.7 cm³/mol. The van der Waals surface area contributed by atoms with Crippen LogP contribution >= 0.6 is 35.0 Å². The Morgan fingerprint density at radius 3 is 2.43 bits per heavy atom. The van der Waals surface area contributed by atoms with E-state index in [4.69, 9.17) is 23.2 Å². The molecule has 0 aliphatic carbocycles. The van der Waals surface area contributed by atoms with Crippen molar-refractivity contribution in [3.8, 4) is 0 Å². The van der Waals surface area contributed by atoms with Gasteiger partial charge in [-0.25, -0.2) is 0 Å². The summed E-state index contributed by atoms with van der Waals surface area (Å²) in [4.78, 5) is 1.22. The molecule has 4 heteroatoms. The summed E-state index contributed by atoms with van der Waals surface area (Å²) in [5, 5.41) is 5.17. The van der Waals surface area contributed by atoms with Crippen molar-refractivity contribution in [2.45, 2.75) is 24.3 Å². The van der Waals surface area contributed by atoms with Crippen LogP contribution in [0.25, 0.3) is 0 Å². The maximum atomic E-state index is 6.33. The average molecular weight is 340 g/mol. The smallest absolute Gasteiger partial charge is 0.0454 e. The molecule has 0 saturated carbocycles. The fourth-order valence-electron chi connectivity index (χ4n) is 2.05. The van der Waals surface area contributed by atoms with Gasteiger partial charge in [-0.05, 0) is 48.9 Å². The van der Waals surface area contributed by atoms with E-state index in [0.717, 1.165) is 34.3 Å². The van der Waals surface area contributed by atoms with E-state index in [1.165, 1.54) is 4.90 Å². The highest BCUT2D eigenvalue weighted by molar-refractivity contribution is 7.99. The zero-order valence-electron chi connectivity index (χ0n) is 12.0. The number of hydrogen-bond acceptors (Lipinski definition) is 2. The Kier molecular flexibility index (Phi) is 6.91. The van der Waals surface area contributed by atoms with Crippen LogP contribution in [0.15, 0.2) is 53.4 Å². The van der Waals surface area contributed by atoms with E-state index in [2.05, 4.69) is 30.4 Å². The molecule has 1 N–H and O–H groups in total. The molecule has 0 spiro atoms. The largest absolute Gasteiger partial charge is 0.309 e. The Bertz CT molecular complexity index is 557. The molecule has 0 aliphatic heterocycles. The summed E-state index contributed by atoms with van der Waals surface area (Å²) >= 11 is 14.1. The van der Waals surface area contributed by atoms with Crippen molar-refractivity contribution in [1.29, 1.82) is 0 Å². The van der Waals surface area contributed by atoms with Gasteiger partial charge in [0.2, 0.25) is 0 Å². The number of benzene rings is 2. The number of hydrogen-bond donors (Lipinski definition) is 1. The number of nitrogens with one attached hydrogen (secondary N) is 1. The number of rotatable bonds is 7. The topological polar surface area (TPSA) is 12.0 Å². The van der Waals surface area contributed by atoms with Gasteiger partial charge in [0.25, 0.3) is 0 Å². The van der Waals surface area contributed by atoms with E-state index >= 15 is 0 Å². The molecule has 2 aromatic carbocycles. The third-order valence-electron chi connectivity index (χ3n) is 3.15. The minimum atomic E-state index is 0.249. The monoisotopic (exact) mass is 339 g/mol. The van der Waals surface area contributed by atoms with Crippen molar-refractivity contribution in [3.63, 3.8) is 0 Å². The number of halogens is 2. The molecule has 1 nitrogen and oxygen atoms in total. The van der Waals surface area contributed by atoms with Crippen LogP contribution in [0.1, 0.15) is 24.9 Å². The van der Waals surface area contributed by atoms with Crippen LogP contribution in [0.3, 0.4) is 0 Å². The molecule has 0 aliphatic rings. The van der Waals surface area contributed by atoms with E-state index in [0.29, 0.717) is 0 Å². The van der Waals surface area contributed by atoms with E-state index in [-0.39, 0.29) is 6.04 Å². The van der Waals surface area contributed by atoms with Gasteiger partial charge < -0.3 is 5.32 Å². The third-order valence-corrected chi connectivity index (χ3v) is 4.85. The second kappa shape index (κ2) is 8.70. The van der Waals surface area contributed by atoms with Gasteiger partial charge in [-0.15, -0.1) is 11.8 Å². The van der Waals surface area contributed by atoms with Crippen molar-refractivity contribution in [3.05, 3.63) is 64.1 Å². The summed E-state index contributed by atoms with van der Waals surface area (Å²) in [5.74, 6) is 0.936. The highest BCUT2D eigenvalue weighted by Crippen LogP contribution is 2.29. The average Bonchev–Trinajstić information content (AvgIpc) is 2.50. The van der Waals surface area contributed by atoms with Gasteiger partial charge in [-0.3, -0.25) is 0 Å². The molecule has 2 aromatic rings. The normalized spacial score (nSPS) is 12.3. The molecule has 1 atom stereocenters. The van der Waals surface area contributed by atoms with Gasteiger partial charge in [0, 0.05) is 26.7 Å². The second-order valence-electron chi connectivity index (χ2n) is 4.79. The molecule has 1 unspecified atom stereocenters. The van der Waals surface area contributed by atoms with Crippen molar-refractivity contribution < 1.29 is 0 Å². The predicted octanol–water partition coefficient (Wildman–Crippen LogP) is 5.83. The molecular weight excluding hydrogens is 321 g/mol.